The van der Waals surface area contributed by atoms with Crippen LogP contribution < -0.4 is 0 Å². The lowest BCUT2D eigenvalue weighted by Crippen LogP contribution is -2.45. The number of carbonyl (C=O) groups excluding carboxylic acids is 4. The van der Waals surface area contributed by atoms with Gasteiger partial charge in [-0.3, -0.25) is 19.2 Å². The van der Waals surface area contributed by atoms with Gasteiger partial charge in [0.1, 0.15) is 0 Å². The van der Waals surface area contributed by atoms with Crippen molar-refractivity contribution in [1.82, 2.24) is 9.80 Å². The second kappa shape index (κ2) is 11.0. The summed E-state index contributed by atoms with van der Waals surface area (Å²) in [7, 11) is 0. The van der Waals surface area contributed by atoms with Crippen LogP contribution in [-0.2, 0) is 35.5 Å². The Morgan fingerprint density at radius 3 is 1.66 bits per heavy atom. The average Bonchev–Trinajstić information content (AvgIpc) is 3.03. The topological polar surface area (TPSA) is 74.8 Å². The molecular formula is C35H30N2O4. The predicted octanol–water partition coefficient (Wildman–Crippen LogP) is 5.28. The molecule has 204 valence electrons. The number of fused-ring (bicyclic) bond motifs is 2. The van der Waals surface area contributed by atoms with Crippen LogP contribution in [0.15, 0.2) is 97.1 Å². The van der Waals surface area contributed by atoms with Gasteiger partial charge in [0.05, 0.1) is 0 Å². The van der Waals surface area contributed by atoms with Gasteiger partial charge in [-0.25, -0.2) is 0 Å². The number of Topliss-reactive ketones (excluding diaryl/α,β-unsaturated/α-hetero) is 2. The van der Waals surface area contributed by atoms with Crippen molar-refractivity contribution >= 4 is 23.4 Å². The van der Waals surface area contributed by atoms with Crippen molar-refractivity contribution < 1.29 is 19.2 Å². The normalized spacial score (nSPS) is 16.0. The van der Waals surface area contributed by atoms with E-state index in [-0.39, 0.29) is 6.04 Å². The standard InChI is InChI=1S/C35H30N2O4/c1-23-20-29-7-3-5-9-31(29)22-37(23)35(41)33(39)28-16-12-26(13-17-28)25-10-14-27(15-11-25)32(38)34(40)36-19-18-24-6-2-4-8-30(24)21-36/h2-17,23H,18-22H2,1H3. The number of ketones is 2. The van der Waals surface area contributed by atoms with Crippen molar-refractivity contribution in [2.75, 3.05) is 6.54 Å². The summed E-state index contributed by atoms with van der Waals surface area (Å²) in [5.74, 6) is -2.04. The molecule has 0 saturated heterocycles. The Morgan fingerprint density at radius 1 is 0.585 bits per heavy atom. The van der Waals surface area contributed by atoms with Crippen LogP contribution in [0.25, 0.3) is 11.1 Å². The largest absolute Gasteiger partial charge is 0.331 e. The van der Waals surface area contributed by atoms with Crippen molar-refractivity contribution in [3.63, 3.8) is 0 Å². The fourth-order valence-electron chi connectivity index (χ4n) is 5.77. The maximum Gasteiger partial charge on any atom is 0.295 e. The lowest BCUT2D eigenvalue weighted by Gasteiger charge is -2.34. The molecule has 6 heteroatoms. The first kappa shape index (κ1) is 26.4. The summed E-state index contributed by atoms with van der Waals surface area (Å²) in [5, 5.41) is 0. The van der Waals surface area contributed by atoms with E-state index in [0.717, 1.165) is 35.1 Å². The fourth-order valence-corrected chi connectivity index (χ4v) is 5.77. The van der Waals surface area contributed by atoms with E-state index in [2.05, 4.69) is 12.1 Å². The number of rotatable bonds is 5. The predicted molar refractivity (Wildman–Crippen MR) is 156 cm³/mol. The highest BCUT2D eigenvalue weighted by Crippen LogP contribution is 2.26. The second-order valence-corrected chi connectivity index (χ2v) is 10.8. The molecule has 0 bridgehead atoms. The molecule has 1 unspecified atom stereocenters. The Balaban J connectivity index is 1.11. The molecule has 4 aromatic carbocycles. The van der Waals surface area contributed by atoms with E-state index in [1.54, 1.807) is 58.3 Å². The van der Waals surface area contributed by atoms with Gasteiger partial charge in [-0.2, -0.15) is 0 Å². The van der Waals surface area contributed by atoms with E-state index in [9.17, 15) is 19.2 Å². The monoisotopic (exact) mass is 542 g/mol. The van der Waals surface area contributed by atoms with Gasteiger partial charge in [-0.1, -0.05) is 97.1 Å². The SMILES string of the molecule is CC1Cc2ccccc2CN1C(=O)C(=O)c1ccc(-c2ccc(C(=O)C(=O)N3CCc4ccccc4C3)cc2)cc1. The Bertz CT molecular complexity index is 1660. The molecule has 2 heterocycles. The first-order valence-corrected chi connectivity index (χ1v) is 13.9. The molecule has 2 aliphatic rings. The summed E-state index contributed by atoms with van der Waals surface area (Å²) >= 11 is 0. The number of benzene rings is 4. The van der Waals surface area contributed by atoms with Gasteiger partial charge in [-0.05, 0) is 53.1 Å². The Kier molecular flexibility index (Phi) is 7.06. The van der Waals surface area contributed by atoms with Crippen LogP contribution >= 0.6 is 0 Å². The lowest BCUT2D eigenvalue weighted by atomic mass is 9.94. The molecule has 6 rings (SSSR count). The molecule has 4 aromatic rings. The molecule has 1 atom stereocenters. The molecule has 0 fully saturated rings. The maximum atomic E-state index is 13.1. The minimum atomic E-state index is -0.525. The number of hydrogen-bond acceptors (Lipinski definition) is 4. The molecule has 2 aliphatic heterocycles. The summed E-state index contributed by atoms with van der Waals surface area (Å²) in [6.45, 7) is 3.37. The van der Waals surface area contributed by atoms with Crippen LogP contribution in [0, 0.1) is 0 Å². The van der Waals surface area contributed by atoms with E-state index in [1.165, 1.54) is 11.1 Å². The van der Waals surface area contributed by atoms with E-state index in [1.807, 2.05) is 43.3 Å². The lowest BCUT2D eigenvalue weighted by molar-refractivity contribution is -0.129. The van der Waals surface area contributed by atoms with Crippen LogP contribution in [0.5, 0.6) is 0 Å². The van der Waals surface area contributed by atoms with Gasteiger partial charge in [0, 0.05) is 36.8 Å². The third-order valence-electron chi connectivity index (χ3n) is 8.20. The summed E-state index contributed by atoms with van der Waals surface area (Å²) in [6.07, 6.45) is 1.47. The van der Waals surface area contributed by atoms with Crippen molar-refractivity contribution in [2.45, 2.75) is 38.9 Å². The van der Waals surface area contributed by atoms with E-state index < -0.39 is 23.4 Å². The molecule has 0 saturated carbocycles. The summed E-state index contributed by atoms with van der Waals surface area (Å²) in [5.41, 5.74) is 6.95. The number of amides is 2. The van der Waals surface area contributed by atoms with Gasteiger partial charge in [0.25, 0.3) is 11.8 Å². The van der Waals surface area contributed by atoms with Gasteiger partial charge >= 0.3 is 0 Å². The van der Waals surface area contributed by atoms with Crippen LogP contribution in [0.1, 0.15) is 49.9 Å². The molecule has 0 aliphatic carbocycles. The van der Waals surface area contributed by atoms with Crippen LogP contribution in [0.3, 0.4) is 0 Å². The molecule has 0 radical (unpaired) electrons. The molecule has 2 amide bonds. The van der Waals surface area contributed by atoms with Crippen LogP contribution in [0.4, 0.5) is 0 Å². The van der Waals surface area contributed by atoms with E-state index in [4.69, 9.17) is 0 Å². The first-order chi connectivity index (χ1) is 19.9. The van der Waals surface area contributed by atoms with Gasteiger partial charge in [0.15, 0.2) is 0 Å². The Hall–Kier alpha value is -4.84. The Labute approximate surface area is 239 Å². The van der Waals surface area contributed by atoms with Crippen molar-refractivity contribution in [2.24, 2.45) is 0 Å². The Morgan fingerprint density at radius 2 is 1.07 bits per heavy atom. The second-order valence-electron chi connectivity index (χ2n) is 10.8. The third-order valence-corrected chi connectivity index (χ3v) is 8.20. The molecule has 0 spiro atoms. The highest BCUT2D eigenvalue weighted by Gasteiger charge is 2.31. The van der Waals surface area contributed by atoms with E-state index >= 15 is 0 Å². The quantitative estimate of drug-likeness (QED) is 0.254. The van der Waals surface area contributed by atoms with Crippen molar-refractivity contribution in [3.05, 3.63) is 130 Å². The van der Waals surface area contributed by atoms with Crippen LogP contribution in [0.2, 0.25) is 0 Å². The van der Waals surface area contributed by atoms with Gasteiger partial charge in [0.2, 0.25) is 11.6 Å². The number of carbonyl (C=O) groups is 4. The van der Waals surface area contributed by atoms with Gasteiger partial charge in [-0.15, -0.1) is 0 Å². The van der Waals surface area contributed by atoms with Crippen LogP contribution in [-0.4, -0.2) is 45.8 Å². The molecule has 41 heavy (non-hydrogen) atoms. The smallest absolute Gasteiger partial charge is 0.295 e. The first-order valence-electron chi connectivity index (χ1n) is 13.9. The molecule has 6 nitrogen and oxygen atoms in total. The van der Waals surface area contributed by atoms with Crippen molar-refractivity contribution in [1.29, 1.82) is 0 Å². The summed E-state index contributed by atoms with van der Waals surface area (Å²) < 4.78 is 0. The average molecular weight is 543 g/mol. The fraction of sp³-hybridized carbons (Fsp3) is 0.200. The third kappa shape index (κ3) is 5.21. The minimum absolute atomic E-state index is 0.0561. The molecule has 0 N–H and O–H groups in total. The summed E-state index contributed by atoms with van der Waals surface area (Å²) in [4.78, 5) is 55.3. The zero-order chi connectivity index (χ0) is 28.5. The highest BCUT2D eigenvalue weighted by atomic mass is 16.2. The highest BCUT2D eigenvalue weighted by molar-refractivity contribution is 6.43. The minimum Gasteiger partial charge on any atom is -0.331 e. The zero-order valence-electron chi connectivity index (χ0n) is 22.9. The van der Waals surface area contributed by atoms with Gasteiger partial charge < -0.3 is 9.80 Å². The zero-order valence-corrected chi connectivity index (χ0v) is 22.9. The maximum absolute atomic E-state index is 13.1. The number of nitrogens with zero attached hydrogens (tertiary/aromatic N) is 2. The number of hydrogen-bond donors (Lipinski definition) is 0. The van der Waals surface area contributed by atoms with Crippen molar-refractivity contribution in [3.8, 4) is 11.1 Å². The molecule has 0 aromatic heterocycles. The van der Waals surface area contributed by atoms with E-state index in [0.29, 0.717) is 30.8 Å². The summed E-state index contributed by atoms with van der Waals surface area (Å²) in [6, 6.07) is 29.8. The molecular weight excluding hydrogens is 512 g/mol.